The summed E-state index contributed by atoms with van der Waals surface area (Å²) < 4.78 is 0. The number of benzene rings is 1. The molecule has 4 heteroatoms. The maximum atomic E-state index is 12.5. The lowest BCUT2D eigenvalue weighted by Gasteiger charge is -2.25. The van der Waals surface area contributed by atoms with E-state index in [0.29, 0.717) is 11.9 Å². The Morgan fingerprint density at radius 1 is 1.21 bits per heavy atom. The molecule has 1 aliphatic carbocycles. The lowest BCUT2D eigenvalue weighted by Crippen LogP contribution is -2.38. The summed E-state index contributed by atoms with van der Waals surface area (Å²) in [4.78, 5) is 14.6. The fourth-order valence-corrected chi connectivity index (χ4v) is 2.65. The fourth-order valence-electron chi connectivity index (χ4n) is 2.65. The molecule has 1 saturated carbocycles. The van der Waals surface area contributed by atoms with Crippen molar-refractivity contribution >= 4 is 18.3 Å². The van der Waals surface area contributed by atoms with Crippen molar-refractivity contribution in [1.29, 1.82) is 0 Å². The second-order valence-electron chi connectivity index (χ2n) is 5.37. The first kappa shape index (κ1) is 14.4. The predicted molar refractivity (Wildman–Crippen MR) is 78.2 cm³/mol. The maximum Gasteiger partial charge on any atom is 0.227 e. The largest absolute Gasteiger partial charge is 0.335 e. The Bertz CT molecular complexity index is 413. The van der Waals surface area contributed by atoms with Crippen LogP contribution < -0.4 is 5.32 Å². The topological polar surface area (TPSA) is 32.3 Å². The van der Waals surface area contributed by atoms with Crippen molar-refractivity contribution in [2.45, 2.75) is 31.8 Å². The minimum atomic E-state index is 0. The second-order valence-corrected chi connectivity index (χ2v) is 5.37. The van der Waals surface area contributed by atoms with E-state index in [4.69, 9.17) is 0 Å². The Morgan fingerprint density at radius 2 is 1.95 bits per heavy atom. The predicted octanol–water partition coefficient (Wildman–Crippen LogP) is 2.21. The first-order valence-electron chi connectivity index (χ1n) is 6.90. The number of rotatable bonds is 4. The van der Waals surface area contributed by atoms with Gasteiger partial charge in [0, 0.05) is 19.1 Å². The number of carbonyl (C=O) groups is 1. The van der Waals surface area contributed by atoms with Crippen molar-refractivity contribution in [3.05, 3.63) is 35.9 Å². The Morgan fingerprint density at radius 3 is 2.53 bits per heavy atom. The van der Waals surface area contributed by atoms with E-state index in [-0.39, 0.29) is 18.3 Å². The van der Waals surface area contributed by atoms with Crippen LogP contribution in [0, 0.1) is 5.92 Å². The van der Waals surface area contributed by atoms with E-state index in [1.54, 1.807) is 0 Å². The summed E-state index contributed by atoms with van der Waals surface area (Å²) >= 11 is 0. The van der Waals surface area contributed by atoms with Gasteiger partial charge >= 0.3 is 0 Å². The molecule has 1 aromatic rings. The highest BCUT2D eigenvalue weighted by atomic mass is 35.5. The number of halogens is 1. The molecule has 0 aromatic heterocycles. The van der Waals surface area contributed by atoms with E-state index in [2.05, 4.69) is 22.3 Å². The summed E-state index contributed by atoms with van der Waals surface area (Å²) in [6.45, 7) is 2.62. The smallest absolute Gasteiger partial charge is 0.227 e. The number of carbonyl (C=O) groups excluding carboxylic acids is 1. The first-order chi connectivity index (χ1) is 8.84. The number of nitrogens with one attached hydrogen (secondary N) is 1. The number of hydrogen-bond donors (Lipinski definition) is 1. The van der Waals surface area contributed by atoms with Crippen molar-refractivity contribution in [2.75, 3.05) is 13.1 Å². The van der Waals surface area contributed by atoms with Crippen molar-refractivity contribution in [1.82, 2.24) is 10.2 Å². The molecule has 104 valence electrons. The molecule has 1 N–H and O–H groups in total. The van der Waals surface area contributed by atoms with Crippen molar-refractivity contribution in [3.8, 4) is 0 Å². The van der Waals surface area contributed by atoms with Crippen LogP contribution >= 0.6 is 12.4 Å². The molecule has 1 aromatic carbocycles. The summed E-state index contributed by atoms with van der Waals surface area (Å²) in [6.07, 6.45) is 3.36. The van der Waals surface area contributed by atoms with E-state index in [1.165, 1.54) is 18.4 Å². The zero-order chi connectivity index (χ0) is 12.4. The zero-order valence-corrected chi connectivity index (χ0v) is 11.9. The molecule has 1 heterocycles. The molecule has 0 spiro atoms. The highest BCUT2D eigenvalue weighted by Gasteiger charge is 2.36. The Kier molecular flexibility index (Phi) is 4.83. The van der Waals surface area contributed by atoms with Gasteiger partial charge in [-0.1, -0.05) is 30.3 Å². The summed E-state index contributed by atoms with van der Waals surface area (Å²) in [5.74, 6) is 0.556. The van der Waals surface area contributed by atoms with Crippen LogP contribution in [-0.2, 0) is 11.3 Å². The van der Waals surface area contributed by atoms with Crippen LogP contribution in [0.4, 0.5) is 0 Å². The van der Waals surface area contributed by atoms with Gasteiger partial charge in [-0.15, -0.1) is 12.4 Å². The number of amides is 1. The van der Waals surface area contributed by atoms with Gasteiger partial charge in [0.05, 0.1) is 5.92 Å². The molecule has 2 aliphatic rings. The average molecular weight is 281 g/mol. The van der Waals surface area contributed by atoms with Gasteiger partial charge < -0.3 is 10.2 Å². The summed E-state index contributed by atoms with van der Waals surface area (Å²) in [5, 5.41) is 3.28. The van der Waals surface area contributed by atoms with Crippen LogP contribution in [0.2, 0.25) is 0 Å². The van der Waals surface area contributed by atoms with E-state index in [0.717, 1.165) is 26.1 Å². The van der Waals surface area contributed by atoms with Gasteiger partial charge in [0.1, 0.15) is 0 Å². The van der Waals surface area contributed by atoms with E-state index < -0.39 is 0 Å². The molecular weight excluding hydrogens is 260 g/mol. The monoisotopic (exact) mass is 280 g/mol. The van der Waals surface area contributed by atoms with Crippen LogP contribution in [0.3, 0.4) is 0 Å². The zero-order valence-electron chi connectivity index (χ0n) is 11.0. The van der Waals surface area contributed by atoms with Crippen LogP contribution in [-0.4, -0.2) is 29.9 Å². The third-order valence-electron chi connectivity index (χ3n) is 3.88. The Labute approximate surface area is 120 Å². The molecule has 3 rings (SSSR count). The van der Waals surface area contributed by atoms with Crippen molar-refractivity contribution < 1.29 is 4.79 Å². The van der Waals surface area contributed by atoms with Gasteiger partial charge in [-0.25, -0.2) is 0 Å². The molecule has 1 aliphatic heterocycles. The second kappa shape index (κ2) is 6.40. The van der Waals surface area contributed by atoms with Gasteiger partial charge in [-0.3, -0.25) is 4.79 Å². The Hall–Kier alpha value is -1.06. The third kappa shape index (κ3) is 3.48. The fraction of sp³-hybridized carbons (Fsp3) is 0.533. The molecule has 1 unspecified atom stereocenters. The van der Waals surface area contributed by atoms with Gasteiger partial charge in [-0.2, -0.15) is 0 Å². The molecule has 2 fully saturated rings. The van der Waals surface area contributed by atoms with Gasteiger partial charge in [0.2, 0.25) is 5.91 Å². The lowest BCUT2D eigenvalue weighted by atomic mass is 10.1. The summed E-state index contributed by atoms with van der Waals surface area (Å²) in [5.41, 5.74) is 1.24. The number of hydrogen-bond acceptors (Lipinski definition) is 2. The highest BCUT2D eigenvalue weighted by Crippen LogP contribution is 2.30. The minimum absolute atomic E-state index is 0. The molecular formula is C15H21ClN2O. The van der Waals surface area contributed by atoms with Gasteiger partial charge in [-0.05, 0) is 31.4 Å². The van der Waals surface area contributed by atoms with E-state index in [1.807, 2.05) is 18.2 Å². The van der Waals surface area contributed by atoms with E-state index >= 15 is 0 Å². The molecule has 0 bridgehead atoms. The SMILES string of the molecule is Cl.O=C(C1CCNC1)N(Cc1ccccc1)C1CC1. The maximum absolute atomic E-state index is 12.5. The standard InChI is InChI=1S/C15H20N2O.ClH/c18-15(13-8-9-16-10-13)17(14-6-7-14)11-12-4-2-1-3-5-12;/h1-5,13-14,16H,6-11H2;1H. The molecule has 3 nitrogen and oxygen atoms in total. The average Bonchev–Trinajstić information content (AvgIpc) is 3.10. The molecule has 1 atom stereocenters. The van der Waals surface area contributed by atoms with Crippen molar-refractivity contribution in [3.63, 3.8) is 0 Å². The number of nitrogens with zero attached hydrogens (tertiary/aromatic N) is 1. The molecule has 19 heavy (non-hydrogen) atoms. The normalized spacial score (nSPS) is 21.8. The molecule has 1 saturated heterocycles. The molecule has 0 radical (unpaired) electrons. The quantitative estimate of drug-likeness (QED) is 0.917. The van der Waals surface area contributed by atoms with Crippen LogP contribution in [0.5, 0.6) is 0 Å². The lowest BCUT2D eigenvalue weighted by molar-refractivity contribution is -0.136. The summed E-state index contributed by atoms with van der Waals surface area (Å²) in [7, 11) is 0. The molecule has 1 amide bonds. The minimum Gasteiger partial charge on any atom is -0.335 e. The van der Waals surface area contributed by atoms with Crippen LogP contribution in [0.15, 0.2) is 30.3 Å². The highest BCUT2D eigenvalue weighted by molar-refractivity contribution is 5.85. The third-order valence-corrected chi connectivity index (χ3v) is 3.88. The van der Waals surface area contributed by atoms with Gasteiger partial charge in [0.15, 0.2) is 0 Å². The summed E-state index contributed by atoms with van der Waals surface area (Å²) in [6, 6.07) is 10.8. The Balaban J connectivity index is 0.00000133. The van der Waals surface area contributed by atoms with Gasteiger partial charge in [0.25, 0.3) is 0 Å². The van der Waals surface area contributed by atoms with Crippen molar-refractivity contribution in [2.24, 2.45) is 5.92 Å². The van der Waals surface area contributed by atoms with E-state index in [9.17, 15) is 4.79 Å². The van der Waals surface area contributed by atoms with Crippen LogP contribution in [0.1, 0.15) is 24.8 Å². The first-order valence-corrected chi connectivity index (χ1v) is 6.90. The van der Waals surface area contributed by atoms with Crippen LogP contribution in [0.25, 0.3) is 0 Å².